The second kappa shape index (κ2) is 5.11. The van der Waals surface area contributed by atoms with Crippen molar-refractivity contribution in [3.8, 4) is 0 Å². The van der Waals surface area contributed by atoms with Crippen LogP contribution in [0.1, 0.15) is 5.76 Å². The van der Waals surface area contributed by atoms with E-state index in [1.807, 2.05) is 0 Å². The SMILES string of the molecule is CN1C(=O)SC(=CC=Cc2ccc([N+](=O)[O-])o2)C1=O. The molecule has 1 aliphatic heterocycles. The molecule has 0 unspecified atom stereocenters. The van der Waals surface area contributed by atoms with E-state index < -0.39 is 4.92 Å². The van der Waals surface area contributed by atoms with E-state index in [1.54, 1.807) is 0 Å². The van der Waals surface area contributed by atoms with Gasteiger partial charge in [-0.1, -0.05) is 6.08 Å². The summed E-state index contributed by atoms with van der Waals surface area (Å²) in [7, 11) is 1.40. The number of nitrogens with zero attached hydrogens (tertiary/aromatic N) is 2. The van der Waals surface area contributed by atoms with E-state index in [1.165, 1.54) is 37.4 Å². The Hall–Kier alpha value is -2.35. The standard InChI is InChI=1S/C11H8N2O5S/c1-12-10(14)8(19-11(12)15)4-2-3-7-5-6-9(18-7)13(16)17/h2-6H,1H3. The molecule has 7 nitrogen and oxygen atoms in total. The fraction of sp³-hybridized carbons (Fsp3) is 0.0909. The molecule has 0 spiro atoms. The van der Waals surface area contributed by atoms with Gasteiger partial charge in [-0.25, -0.2) is 0 Å². The minimum Gasteiger partial charge on any atom is -0.401 e. The van der Waals surface area contributed by atoms with Crippen molar-refractivity contribution in [3.63, 3.8) is 0 Å². The minimum absolute atomic E-state index is 0.290. The molecule has 98 valence electrons. The first-order valence-electron chi connectivity index (χ1n) is 5.11. The minimum atomic E-state index is -0.639. The van der Waals surface area contributed by atoms with Crippen molar-refractivity contribution < 1.29 is 18.9 Å². The van der Waals surface area contributed by atoms with Crippen molar-refractivity contribution in [1.29, 1.82) is 0 Å². The highest BCUT2D eigenvalue weighted by molar-refractivity contribution is 8.18. The zero-order valence-corrected chi connectivity index (χ0v) is 10.5. The van der Waals surface area contributed by atoms with Crippen LogP contribution in [0.5, 0.6) is 0 Å². The largest absolute Gasteiger partial charge is 0.433 e. The number of furan rings is 1. The van der Waals surface area contributed by atoms with Crippen LogP contribution >= 0.6 is 11.8 Å². The van der Waals surface area contributed by atoms with Crippen LogP contribution in [0.15, 0.2) is 33.6 Å². The van der Waals surface area contributed by atoms with E-state index in [0.717, 1.165) is 16.7 Å². The van der Waals surface area contributed by atoms with E-state index in [0.29, 0.717) is 10.7 Å². The molecule has 1 aliphatic rings. The first kappa shape index (κ1) is 13.1. The van der Waals surface area contributed by atoms with Gasteiger partial charge in [0.25, 0.3) is 11.1 Å². The van der Waals surface area contributed by atoms with Crippen LogP contribution in [0.2, 0.25) is 0 Å². The lowest BCUT2D eigenvalue weighted by atomic mass is 10.3. The summed E-state index contributed by atoms with van der Waals surface area (Å²) >= 11 is 0.835. The van der Waals surface area contributed by atoms with Gasteiger partial charge in [-0.3, -0.25) is 24.6 Å². The Bertz CT molecular complexity index is 616. The average molecular weight is 280 g/mol. The molecule has 2 rings (SSSR count). The maximum Gasteiger partial charge on any atom is 0.433 e. The number of rotatable bonds is 3. The Morgan fingerprint density at radius 3 is 2.68 bits per heavy atom. The highest BCUT2D eigenvalue weighted by Crippen LogP contribution is 2.29. The van der Waals surface area contributed by atoms with Gasteiger partial charge < -0.3 is 4.42 Å². The fourth-order valence-corrected chi connectivity index (χ4v) is 2.10. The number of nitro groups is 1. The van der Waals surface area contributed by atoms with Crippen molar-refractivity contribution in [2.24, 2.45) is 0 Å². The molecular weight excluding hydrogens is 272 g/mol. The van der Waals surface area contributed by atoms with E-state index >= 15 is 0 Å². The maximum absolute atomic E-state index is 11.5. The Balaban J connectivity index is 2.09. The van der Waals surface area contributed by atoms with Crippen LogP contribution in [0.25, 0.3) is 6.08 Å². The third-order valence-corrected chi connectivity index (χ3v) is 3.27. The van der Waals surface area contributed by atoms with Crippen LogP contribution in [0.3, 0.4) is 0 Å². The van der Waals surface area contributed by atoms with Crippen LogP contribution in [-0.4, -0.2) is 28.0 Å². The third kappa shape index (κ3) is 2.74. The average Bonchev–Trinajstić information content (AvgIpc) is 2.92. The lowest BCUT2D eigenvalue weighted by molar-refractivity contribution is -0.402. The monoisotopic (exact) mass is 280 g/mol. The molecule has 0 aliphatic carbocycles. The molecule has 1 saturated heterocycles. The van der Waals surface area contributed by atoms with Gasteiger partial charge in [-0.15, -0.1) is 0 Å². The number of likely N-dealkylation sites (N-methyl/N-ethyl adjacent to an activating group) is 1. The lowest BCUT2D eigenvalue weighted by Gasteiger charge is -2.00. The summed E-state index contributed by atoms with van der Waals surface area (Å²) in [4.78, 5) is 33.8. The second-order valence-corrected chi connectivity index (χ2v) is 4.55. The number of carbonyl (C=O) groups excluding carboxylic acids is 2. The molecule has 19 heavy (non-hydrogen) atoms. The first-order chi connectivity index (χ1) is 8.99. The summed E-state index contributed by atoms with van der Waals surface area (Å²) in [6.07, 6.45) is 4.43. The summed E-state index contributed by atoms with van der Waals surface area (Å²) in [6.45, 7) is 0. The summed E-state index contributed by atoms with van der Waals surface area (Å²) < 4.78 is 4.89. The van der Waals surface area contributed by atoms with Gasteiger partial charge in [0.1, 0.15) is 10.7 Å². The van der Waals surface area contributed by atoms with Crippen molar-refractivity contribution in [1.82, 2.24) is 4.90 Å². The van der Waals surface area contributed by atoms with Gasteiger partial charge in [0.05, 0.1) is 11.0 Å². The Kier molecular flexibility index (Phi) is 3.52. The summed E-state index contributed by atoms with van der Waals surface area (Å²) in [6, 6.07) is 2.67. The molecule has 0 bridgehead atoms. The van der Waals surface area contributed by atoms with E-state index in [4.69, 9.17) is 4.42 Å². The highest BCUT2D eigenvalue weighted by Gasteiger charge is 2.31. The molecule has 0 aromatic carbocycles. The van der Waals surface area contributed by atoms with Crippen LogP contribution in [0, 0.1) is 10.1 Å². The van der Waals surface area contributed by atoms with Gasteiger partial charge in [-0.05, 0) is 30.0 Å². The number of hydrogen-bond acceptors (Lipinski definition) is 6. The summed E-state index contributed by atoms with van der Waals surface area (Å²) in [5, 5.41) is 10.1. The molecule has 1 aromatic rings. The Morgan fingerprint density at radius 2 is 2.16 bits per heavy atom. The lowest BCUT2D eigenvalue weighted by Crippen LogP contribution is -2.22. The van der Waals surface area contributed by atoms with Crippen molar-refractivity contribution in [2.45, 2.75) is 0 Å². The normalized spacial score (nSPS) is 17.9. The summed E-state index contributed by atoms with van der Waals surface area (Å²) in [5.74, 6) is -0.433. The van der Waals surface area contributed by atoms with Gasteiger partial charge in [-0.2, -0.15) is 0 Å². The number of allylic oxidation sites excluding steroid dienone is 2. The zero-order valence-electron chi connectivity index (χ0n) is 9.73. The Labute approximate surface area is 111 Å². The molecule has 0 atom stereocenters. The van der Waals surface area contributed by atoms with Crippen LogP contribution < -0.4 is 0 Å². The summed E-state index contributed by atoms with van der Waals surface area (Å²) in [5.41, 5.74) is 0. The quantitative estimate of drug-likeness (QED) is 0.479. The maximum atomic E-state index is 11.5. The topological polar surface area (TPSA) is 93.7 Å². The fourth-order valence-electron chi connectivity index (χ4n) is 1.32. The van der Waals surface area contributed by atoms with Crippen molar-refractivity contribution in [3.05, 3.63) is 45.1 Å². The smallest absolute Gasteiger partial charge is 0.401 e. The predicted molar refractivity (Wildman–Crippen MR) is 68.2 cm³/mol. The van der Waals surface area contributed by atoms with Gasteiger partial charge in [0.2, 0.25) is 0 Å². The molecule has 8 heteroatoms. The molecular formula is C11H8N2O5S. The molecule has 0 saturated carbocycles. The van der Waals surface area contributed by atoms with Gasteiger partial charge in [0, 0.05) is 7.05 Å². The number of hydrogen-bond donors (Lipinski definition) is 0. The predicted octanol–water partition coefficient (Wildman–Crippen LogP) is 2.41. The molecule has 1 aromatic heterocycles. The zero-order chi connectivity index (χ0) is 14.0. The second-order valence-electron chi connectivity index (χ2n) is 3.56. The third-order valence-electron chi connectivity index (χ3n) is 2.29. The van der Waals surface area contributed by atoms with E-state index in [2.05, 4.69) is 0 Å². The first-order valence-corrected chi connectivity index (χ1v) is 5.93. The molecule has 2 amide bonds. The molecule has 1 fully saturated rings. The number of carbonyl (C=O) groups is 2. The number of imide groups is 1. The van der Waals surface area contributed by atoms with E-state index in [-0.39, 0.29) is 17.0 Å². The van der Waals surface area contributed by atoms with Crippen molar-refractivity contribution >= 4 is 34.9 Å². The van der Waals surface area contributed by atoms with Gasteiger partial charge >= 0.3 is 5.88 Å². The van der Waals surface area contributed by atoms with Crippen molar-refractivity contribution in [2.75, 3.05) is 7.05 Å². The van der Waals surface area contributed by atoms with Crippen LogP contribution in [-0.2, 0) is 4.79 Å². The highest BCUT2D eigenvalue weighted by atomic mass is 32.2. The molecule has 0 radical (unpaired) electrons. The molecule has 2 heterocycles. The molecule has 0 N–H and O–H groups in total. The number of thioether (sulfide) groups is 1. The number of amides is 2. The van der Waals surface area contributed by atoms with Gasteiger partial charge in [0.15, 0.2) is 0 Å². The van der Waals surface area contributed by atoms with E-state index in [9.17, 15) is 19.7 Å². The van der Waals surface area contributed by atoms with Crippen LogP contribution in [0.4, 0.5) is 10.7 Å². The Morgan fingerprint density at radius 1 is 1.42 bits per heavy atom.